The summed E-state index contributed by atoms with van der Waals surface area (Å²) in [6.45, 7) is -0.501. The first-order valence-corrected chi connectivity index (χ1v) is 12.5. The quantitative estimate of drug-likeness (QED) is 0.299. The van der Waals surface area contributed by atoms with Crippen molar-refractivity contribution in [1.82, 2.24) is 9.73 Å². The molecule has 0 atom stereocenters. The maximum absolute atomic E-state index is 13.3. The van der Waals surface area contributed by atoms with Crippen molar-refractivity contribution < 1.29 is 23.1 Å². The molecular weight excluding hydrogens is 546 g/mol. The standard InChI is InChI=1S/C23H21BrClN3O5S/c1-33-22-12-17(4-11-21(22)29)13-26-27-23(30)15-28(14-16-2-7-19(25)8-3-16)34(31,32)20-9-5-18(24)6-10-20/h2-13,29H,14-15H2,1H3,(H,27,30)/b26-13-. The van der Waals surface area contributed by atoms with Crippen molar-refractivity contribution in [1.29, 1.82) is 0 Å². The molecule has 0 heterocycles. The second-order valence-corrected chi connectivity index (χ2v) is 10.4. The Balaban J connectivity index is 1.78. The fraction of sp³-hybridized carbons (Fsp3) is 0.130. The first kappa shape index (κ1) is 25.7. The number of nitrogens with one attached hydrogen (secondary N) is 1. The van der Waals surface area contributed by atoms with E-state index in [4.69, 9.17) is 16.3 Å². The van der Waals surface area contributed by atoms with Crippen LogP contribution in [0, 0.1) is 0 Å². The lowest BCUT2D eigenvalue weighted by molar-refractivity contribution is -0.121. The van der Waals surface area contributed by atoms with E-state index in [1.165, 1.54) is 37.6 Å². The van der Waals surface area contributed by atoms with Crippen molar-refractivity contribution in [3.05, 3.63) is 87.4 Å². The van der Waals surface area contributed by atoms with E-state index in [2.05, 4.69) is 26.5 Å². The number of nitrogens with zero attached hydrogens (tertiary/aromatic N) is 2. The van der Waals surface area contributed by atoms with Crippen LogP contribution in [0.5, 0.6) is 11.5 Å². The molecule has 0 aliphatic heterocycles. The summed E-state index contributed by atoms with van der Waals surface area (Å²) in [6.07, 6.45) is 1.35. The van der Waals surface area contributed by atoms with Crippen molar-refractivity contribution in [2.45, 2.75) is 11.4 Å². The maximum atomic E-state index is 13.3. The minimum Gasteiger partial charge on any atom is -0.504 e. The molecule has 1 amide bonds. The van der Waals surface area contributed by atoms with Crippen LogP contribution in [0.2, 0.25) is 5.02 Å². The van der Waals surface area contributed by atoms with Gasteiger partial charge in [0, 0.05) is 16.0 Å². The minimum absolute atomic E-state index is 0.0281. The van der Waals surface area contributed by atoms with Crippen LogP contribution in [-0.4, -0.2) is 43.6 Å². The molecule has 0 unspecified atom stereocenters. The van der Waals surface area contributed by atoms with Gasteiger partial charge < -0.3 is 9.84 Å². The fourth-order valence-corrected chi connectivity index (χ4v) is 4.70. The number of methoxy groups -OCH3 is 1. The molecule has 0 radical (unpaired) electrons. The molecule has 3 aromatic carbocycles. The Hall–Kier alpha value is -2.92. The molecule has 3 rings (SSSR count). The lowest BCUT2D eigenvalue weighted by atomic mass is 10.2. The first-order valence-electron chi connectivity index (χ1n) is 9.88. The summed E-state index contributed by atoms with van der Waals surface area (Å²) in [7, 11) is -2.57. The summed E-state index contributed by atoms with van der Waals surface area (Å²) < 4.78 is 33.4. The normalized spacial score (nSPS) is 11.6. The summed E-state index contributed by atoms with van der Waals surface area (Å²) >= 11 is 9.22. The van der Waals surface area contributed by atoms with Crippen molar-refractivity contribution in [2.75, 3.05) is 13.7 Å². The van der Waals surface area contributed by atoms with E-state index in [0.29, 0.717) is 16.1 Å². The van der Waals surface area contributed by atoms with Crippen molar-refractivity contribution in [3.63, 3.8) is 0 Å². The van der Waals surface area contributed by atoms with Crippen molar-refractivity contribution in [2.24, 2.45) is 5.10 Å². The average Bonchev–Trinajstić information content (AvgIpc) is 2.81. The molecule has 0 saturated heterocycles. The van der Waals surface area contributed by atoms with Crippen LogP contribution in [0.1, 0.15) is 11.1 Å². The minimum atomic E-state index is -3.99. The molecule has 0 bridgehead atoms. The van der Waals surface area contributed by atoms with Gasteiger partial charge in [0.2, 0.25) is 10.0 Å². The predicted octanol–water partition coefficient (Wildman–Crippen LogP) is 4.16. The van der Waals surface area contributed by atoms with Crippen molar-refractivity contribution in [3.8, 4) is 11.5 Å². The number of aromatic hydroxyl groups is 1. The number of carbonyl (C=O) groups excluding carboxylic acids is 1. The number of sulfonamides is 1. The zero-order chi connectivity index (χ0) is 24.7. The maximum Gasteiger partial charge on any atom is 0.255 e. The van der Waals surface area contributed by atoms with E-state index in [1.54, 1.807) is 42.5 Å². The van der Waals surface area contributed by atoms with Gasteiger partial charge in [-0.25, -0.2) is 13.8 Å². The number of ether oxygens (including phenoxy) is 1. The predicted molar refractivity (Wildman–Crippen MR) is 134 cm³/mol. The van der Waals surface area contributed by atoms with E-state index in [0.717, 1.165) is 8.78 Å². The molecule has 3 aromatic rings. The number of phenolic OH excluding ortho intramolecular Hbond substituents is 1. The topological polar surface area (TPSA) is 108 Å². The number of phenols is 1. The zero-order valence-corrected chi connectivity index (χ0v) is 21.1. The number of carbonyl (C=O) groups is 1. The van der Waals surface area contributed by atoms with Crippen LogP contribution in [0.3, 0.4) is 0 Å². The molecule has 0 aliphatic carbocycles. The van der Waals surface area contributed by atoms with Gasteiger partial charge in [-0.2, -0.15) is 9.41 Å². The van der Waals surface area contributed by atoms with Gasteiger partial charge in [0.05, 0.1) is 24.8 Å². The molecule has 0 saturated carbocycles. The largest absolute Gasteiger partial charge is 0.504 e. The molecular formula is C23H21BrClN3O5S. The lowest BCUT2D eigenvalue weighted by Crippen LogP contribution is -2.39. The van der Waals surface area contributed by atoms with Gasteiger partial charge in [0.15, 0.2) is 11.5 Å². The third-order valence-corrected chi connectivity index (χ3v) is 7.24. The van der Waals surface area contributed by atoms with Gasteiger partial charge in [-0.05, 0) is 65.7 Å². The average molecular weight is 567 g/mol. The highest BCUT2D eigenvalue weighted by atomic mass is 79.9. The highest BCUT2D eigenvalue weighted by molar-refractivity contribution is 9.10. The molecule has 11 heteroatoms. The number of hydrogen-bond acceptors (Lipinski definition) is 6. The number of benzene rings is 3. The SMILES string of the molecule is COc1cc(/C=N\NC(=O)CN(Cc2ccc(Cl)cc2)S(=O)(=O)c2ccc(Br)cc2)ccc1O. The van der Waals surface area contributed by atoms with Crippen LogP contribution < -0.4 is 10.2 Å². The van der Waals surface area contributed by atoms with Gasteiger partial charge in [-0.3, -0.25) is 4.79 Å². The molecule has 2 N–H and O–H groups in total. The number of amides is 1. The van der Waals surface area contributed by atoms with Crippen LogP contribution in [0.15, 0.2) is 81.2 Å². The van der Waals surface area contributed by atoms with Crippen LogP contribution in [0.25, 0.3) is 0 Å². The molecule has 0 aromatic heterocycles. The number of halogens is 2. The Labute approximate surface area is 211 Å². The summed E-state index contributed by atoms with van der Waals surface area (Å²) in [5, 5.41) is 14.1. The van der Waals surface area contributed by atoms with Crippen LogP contribution in [-0.2, 0) is 21.4 Å². The molecule has 34 heavy (non-hydrogen) atoms. The van der Waals surface area contributed by atoms with E-state index in [1.807, 2.05) is 0 Å². The monoisotopic (exact) mass is 565 g/mol. The van der Waals surface area contributed by atoms with E-state index in [-0.39, 0.29) is 22.9 Å². The van der Waals surface area contributed by atoms with E-state index in [9.17, 15) is 18.3 Å². The Morgan fingerprint density at radius 2 is 1.82 bits per heavy atom. The van der Waals surface area contributed by atoms with Gasteiger partial charge in [-0.15, -0.1) is 0 Å². The van der Waals surface area contributed by atoms with Gasteiger partial charge in [-0.1, -0.05) is 39.7 Å². The Kier molecular flexibility index (Phi) is 8.67. The van der Waals surface area contributed by atoms with Crippen LogP contribution in [0.4, 0.5) is 0 Å². The number of hydrogen-bond donors (Lipinski definition) is 2. The molecule has 8 nitrogen and oxygen atoms in total. The highest BCUT2D eigenvalue weighted by Gasteiger charge is 2.27. The summed E-state index contributed by atoms with van der Waals surface area (Å²) in [5.74, 6) is -0.402. The second-order valence-electron chi connectivity index (χ2n) is 7.08. The first-order chi connectivity index (χ1) is 16.2. The zero-order valence-electron chi connectivity index (χ0n) is 18.0. The fourth-order valence-electron chi connectivity index (χ4n) is 2.92. The second kappa shape index (κ2) is 11.5. The van der Waals surface area contributed by atoms with Gasteiger partial charge >= 0.3 is 0 Å². The summed E-state index contributed by atoms with van der Waals surface area (Å²) in [5.41, 5.74) is 3.56. The van der Waals surface area contributed by atoms with E-state index >= 15 is 0 Å². The number of hydrazone groups is 1. The van der Waals surface area contributed by atoms with Gasteiger partial charge in [0.25, 0.3) is 5.91 Å². The smallest absolute Gasteiger partial charge is 0.255 e. The Bertz CT molecular complexity index is 1280. The third kappa shape index (κ3) is 6.80. The molecule has 0 spiro atoms. The molecule has 0 fully saturated rings. The Morgan fingerprint density at radius 3 is 2.47 bits per heavy atom. The van der Waals surface area contributed by atoms with E-state index < -0.39 is 22.5 Å². The molecule has 178 valence electrons. The molecule has 0 aliphatic rings. The summed E-state index contributed by atoms with van der Waals surface area (Å²) in [4.78, 5) is 12.6. The highest BCUT2D eigenvalue weighted by Crippen LogP contribution is 2.25. The van der Waals surface area contributed by atoms with Gasteiger partial charge in [0.1, 0.15) is 0 Å². The Morgan fingerprint density at radius 1 is 1.15 bits per heavy atom. The lowest BCUT2D eigenvalue weighted by Gasteiger charge is -2.21. The third-order valence-electron chi connectivity index (χ3n) is 4.65. The van der Waals surface area contributed by atoms with Crippen LogP contribution >= 0.6 is 27.5 Å². The van der Waals surface area contributed by atoms with Crippen molar-refractivity contribution >= 4 is 49.7 Å². The summed E-state index contributed by atoms with van der Waals surface area (Å²) in [6, 6.07) is 17.4. The number of rotatable bonds is 9.